The van der Waals surface area contributed by atoms with E-state index in [4.69, 9.17) is 10.8 Å². The van der Waals surface area contributed by atoms with Crippen molar-refractivity contribution in [1.82, 2.24) is 5.32 Å². The number of nitrogens with one attached hydrogen (secondary N) is 1. The number of carbonyl (C=O) groups is 1. The fraction of sp³-hybridized carbons (Fsp3) is 0.556. The van der Waals surface area contributed by atoms with Crippen molar-refractivity contribution in [3.8, 4) is 0 Å². The summed E-state index contributed by atoms with van der Waals surface area (Å²) in [4.78, 5) is 12.2. The maximum absolute atomic E-state index is 12.2. The predicted molar refractivity (Wildman–Crippen MR) is 93.7 cm³/mol. The second-order valence-electron chi connectivity index (χ2n) is 7.74. The highest BCUT2D eigenvalue weighted by Crippen LogP contribution is 2.44. The lowest BCUT2D eigenvalue weighted by Crippen LogP contribution is -2.69. The molecule has 0 bridgehead atoms. The molecule has 1 aliphatic rings. The van der Waals surface area contributed by atoms with Crippen LogP contribution in [0.2, 0.25) is 0 Å². The van der Waals surface area contributed by atoms with Gasteiger partial charge in [0, 0.05) is 18.4 Å². The number of quaternary nitrogens is 1. The molecule has 1 fully saturated rings. The average Bonchev–Trinajstić information content (AvgIpc) is 2.45. The topological polar surface area (TPSA) is 67.5 Å². The van der Waals surface area contributed by atoms with Gasteiger partial charge in [-0.3, -0.25) is 10.1 Å². The lowest BCUT2D eigenvalue weighted by atomic mass is 9.79. The lowest BCUT2D eigenvalue weighted by molar-refractivity contribution is -1.01. The van der Waals surface area contributed by atoms with Gasteiger partial charge in [-0.1, -0.05) is 18.2 Å². The average molecular weight is 317 g/mol. The second kappa shape index (κ2) is 5.96. The van der Waals surface area contributed by atoms with Crippen molar-refractivity contribution in [3.05, 3.63) is 35.9 Å². The van der Waals surface area contributed by atoms with Crippen molar-refractivity contribution in [2.75, 3.05) is 7.05 Å². The number of piperidine rings is 1. The first kappa shape index (κ1) is 17.5. The standard InChI is InChI=1S/C18H28N4O/c1-17(2)12-9-13-18(3,4)22(17,5)21-16(19)20-15(23)14-10-7-6-8-11-14/h6-8,10-11H,9,12-13H2,1-5H3,(H2-,19,20,21,23)/p+1. The quantitative estimate of drug-likeness (QED) is 0.500. The van der Waals surface area contributed by atoms with Crippen LogP contribution in [0.5, 0.6) is 0 Å². The highest BCUT2D eigenvalue weighted by molar-refractivity contribution is 6.05. The van der Waals surface area contributed by atoms with Gasteiger partial charge >= 0.3 is 0 Å². The third-order valence-electron chi connectivity index (χ3n) is 5.52. The molecular formula is C18H29N4O+. The molecule has 5 nitrogen and oxygen atoms in total. The van der Waals surface area contributed by atoms with Crippen molar-refractivity contribution >= 4 is 11.9 Å². The van der Waals surface area contributed by atoms with E-state index >= 15 is 0 Å². The second-order valence-corrected chi connectivity index (χ2v) is 7.74. The molecule has 3 N–H and O–H groups in total. The smallest absolute Gasteiger partial charge is 0.258 e. The molecule has 1 aromatic rings. The Kier molecular flexibility index (Phi) is 4.53. The van der Waals surface area contributed by atoms with Gasteiger partial charge in [-0.25, -0.2) is 0 Å². The number of hydrogen-bond donors (Lipinski definition) is 2. The number of nitrogens with zero attached hydrogens (tertiary/aromatic N) is 2. The SMILES string of the molecule is CC1(C)CCCC(C)(C)[N+]1(C)/N=C(/N)NC(=O)c1ccccc1. The molecule has 126 valence electrons. The molecule has 1 heterocycles. The number of rotatable bonds is 2. The first-order valence-electron chi connectivity index (χ1n) is 8.18. The minimum absolute atomic E-state index is 0.0379. The molecule has 0 spiro atoms. The number of likely N-dealkylation sites (tertiary alicyclic amines) is 1. The highest BCUT2D eigenvalue weighted by Gasteiger charge is 2.55. The lowest BCUT2D eigenvalue weighted by Gasteiger charge is -2.55. The van der Waals surface area contributed by atoms with Gasteiger partial charge in [0.1, 0.15) is 11.1 Å². The van der Waals surface area contributed by atoms with Crippen LogP contribution < -0.4 is 11.1 Å². The Morgan fingerprint density at radius 1 is 1.13 bits per heavy atom. The summed E-state index contributed by atoms with van der Waals surface area (Å²) in [5, 5.41) is 7.46. The van der Waals surface area contributed by atoms with Crippen LogP contribution in [0, 0.1) is 0 Å². The number of hydrogen-bond acceptors (Lipinski definition) is 2. The summed E-state index contributed by atoms with van der Waals surface area (Å²) in [6.45, 7) is 8.85. The van der Waals surface area contributed by atoms with Gasteiger partial charge in [-0.2, -0.15) is 4.59 Å². The largest absolute Gasteiger partial charge is 0.365 e. The van der Waals surface area contributed by atoms with Gasteiger partial charge in [0.15, 0.2) is 0 Å². The van der Waals surface area contributed by atoms with Gasteiger partial charge in [0.05, 0.1) is 7.05 Å². The van der Waals surface area contributed by atoms with E-state index in [9.17, 15) is 4.79 Å². The zero-order valence-corrected chi connectivity index (χ0v) is 14.9. The van der Waals surface area contributed by atoms with Crippen LogP contribution >= 0.6 is 0 Å². The zero-order chi connectivity index (χ0) is 17.3. The molecule has 0 radical (unpaired) electrons. The Bertz CT molecular complexity index is 589. The normalized spacial score (nSPS) is 22.4. The number of benzene rings is 1. The number of nitrogens with two attached hydrogens (primary N) is 1. The van der Waals surface area contributed by atoms with E-state index in [1.165, 1.54) is 6.42 Å². The Balaban J connectivity index is 2.26. The Labute approximate surface area is 139 Å². The van der Waals surface area contributed by atoms with Crippen LogP contribution in [0.3, 0.4) is 0 Å². The monoisotopic (exact) mass is 317 g/mol. The molecular weight excluding hydrogens is 288 g/mol. The molecule has 0 atom stereocenters. The molecule has 1 aromatic carbocycles. The molecule has 1 saturated heterocycles. The molecule has 0 aliphatic carbocycles. The first-order chi connectivity index (χ1) is 10.6. The first-order valence-corrected chi connectivity index (χ1v) is 8.18. The number of carbonyl (C=O) groups excluding carboxylic acids is 1. The van der Waals surface area contributed by atoms with Gasteiger partial charge in [0.25, 0.3) is 11.9 Å². The fourth-order valence-electron chi connectivity index (χ4n) is 3.50. The Hall–Kier alpha value is -1.88. The maximum Gasteiger partial charge on any atom is 0.258 e. The van der Waals surface area contributed by atoms with E-state index in [1.54, 1.807) is 12.1 Å². The van der Waals surface area contributed by atoms with Crippen molar-refractivity contribution in [1.29, 1.82) is 0 Å². The molecule has 1 amide bonds. The summed E-state index contributed by atoms with van der Waals surface area (Å²) in [6.07, 6.45) is 3.34. The van der Waals surface area contributed by atoms with Crippen LogP contribution in [0.1, 0.15) is 57.3 Å². The molecule has 2 rings (SSSR count). The number of amides is 1. The van der Waals surface area contributed by atoms with Crippen LogP contribution in [0.15, 0.2) is 35.4 Å². The van der Waals surface area contributed by atoms with E-state index in [2.05, 4.69) is 40.1 Å². The van der Waals surface area contributed by atoms with E-state index in [1.807, 2.05) is 18.2 Å². The third kappa shape index (κ3) is 3.24. The molecule has 1 aliphatic heterocycles. The van der Waals surface area contributed by atoms with E-state index in [-0.39, 0.29) is 22.9 Å². The van der Waals surface area contributed by atoms with Crippen LogP contribution in [0.4, 0.5) is 0 Å². The van der Waals surface area contributed by atoms with Crippen molar-refractivity contribution < 1.29 is 9.39 Å². The number of guanidine groups is 1. The predicted octanol–water partition coefficient (Wildman–Crippen LogP) is 2.83. The zero-order valence-electron chi connectivity index (χ0n) is 14.9. The van der Waals surface area contributed by atoms with Gasteiger partial charge < -0.3 is 5.73 Å². The van der Waals surface area contributed by atoms with Crippen LogP contribution in [-0.2, 0) is 0 Å². The third-order valence-corrected chi connectivity index (χ3v) is 5.52. The fourth-order valence-corrected chi connectivity index (χ4v) is 3.50. The van der Waals surface area contributed by atoms with Crippen LogP contribution in [-0.4, -0.2) is 34.6 Å². The van der Waals surface area contributed by atoms with Crippen molar-refractivity contribution in [2.45, 2.75) is 58.0 Å². The summed E-state index contributed by atoms with van der Waals surface area (Å²) in [6, 6.07) is 9.04. The molecule has 0 unspecified atom stereocenters. The molecule has 23 heavy (non-hydrogen) atoms. The van der Waals surface area contributed by atoms with Gasteiger partial charge in [-0.15, -0.1) is 0 Å². The molecule has 5 heteroatoms. The molecule has 0 aromatic heterocycles. The highest BCUT2D eigenvalue weighted by atomic mass is 16.1. The van der Waals surface area contributed by atoms with E-state index in [0.717, 1.165) is 12.8 Å². The minimum atomic E-state index is -0.230. The van der Waals surface area contributed by atoms with Crippen molar-refractivity contribution in [3.63, 3.8) is 0 Å². The van der Waals surface area contributed by atoms with E-state index in [0.29, 0.717) is 10.2 Å². The van der Waals surface area contributed by atoms with Crippen molar-refractivity contribution in [2.24, 2.45) is 10.8 Å². The Morgan fingerprint density at radius 3 is 2.17 bits per heavy atom. The maximum atomic E-state index is 12.2. The summed E-state index contributed by atoms with van der Waals surface area (Å²) >= 11 is 0. The summed E-state index contributed by atoms with van der Waals surface area (Å²) in [5.41, 5.74) is 6.57. The molecule has 0 saturated carbocycles. The van der Waals surface area contributed by atoms with Gasteiger partial charge in [-0.05, 0) is 51.3 Å². The van der Waals surface area contributed by atoms with Gasteiger partial charge in [0.2, 0.25) is 0 Å². The summed E-state index contributed by atoms with van der Waals surface area (Å²) in [7, 11) is 2.10. The summed E-state index contributed by atoms with van der Waals surface area (Å²) in [5.74, 6) is -0.0597. The minimum Gasteiger partial charge on any atom is -0.365 e. The Morgan fingerprint density at radius 2 is 1.65 bits per heavy atom. The summed E-state index contributed by atoms with van der Waals surface area (Å²) < 4.78 is 0.459. The van der Waals surface area contributed by atoms with Crippen LogP contribution in [0.25, 0.3) is 0 Å². The van der Waals surface area contributed by atoms with E-state index < -0.39 is 0 Å².